The van der Waals surface area contributed by atoms with Crippen molar-refractivity contribution in [1.29, 1.82) is 0 Å². The van der Waals surface area contributed by atoms with Gasteiger partial charge in [0.15, 0.2) is 5.16 Å². The van der Waals surface area contributed by atoms with Gasteiger partial charge >= 0.3 is 0 Å². The number of rotatable bonds is 7. The average molecular weight is 436 g/mol. The minimum Gasteiger partial charge on any atom is -0.360 e. The lowest BCUT2D eigenvalue weighted by atomic mass is 10.2. The van der Waals surface area contributed by atoms with Gasteiger partial charge in [0, 0.05) is 37.7 Å². The van der Waals surface area contributed by atoms with Crippen molar-refractivity contribution in [3.05, 3.63) is 72.1 Å². The fraction of sp³-hybridized carbons (Fsp3) is 0.261. The summed E-state index contributed by atoms with van der Waals surface area (Å²) in [6, 6.07) is 16.1. The first-order valence-electron chi connectivity index (χ1n) is 10.2. The molecule has 7 nitrogen and oxygen atoms in total. The molecule has 2 heterocycles. The molecule has 2 N–H and O–H groups in total. The first-order chi connectivity index (χ1) is 15.1. The van der Waals surface area contributed by atoms with Gasteiger partial charge in [-0.05, 0) is 36.2 Å². The number of aromatic nitrogens is 2. The van der Waals surface area contributed by atoms with E-state index in [2.05, 4.69) is 28.6 Å². The van der Waals surface area contributed by atoms with Gasteiger partial charge in [-0.15, -0.1) is 0 Å². The number of carbonyl (C=O) groups is 2. The number of nitrogens with one attached hydrogen (secondary N) is 2. The summed E-state index contributed by atoms with van der Waals surface area (Å²) < 4.78 is 2.01. The normalized spacial score (nSPS) is 13.7. The molecule has 0 atom stereocenters. The van der Waals surface area contributed by atoms with Crippen LogP contribution in [0.15, 0.2) is 66.1 Å². The number of benzene rings is 2. The van der Waals surface area contributed by atoms with E-state index in [-0.39, 0.29) is 11.8 Å². The quantitative estimate of drug-likeness (QED) is 0.558. The summed E-state index contributed by atoms with van der Waals surface area (Å²) in [5, 5.41) is 6.58. The average Bonchev–Trinajstić information content (AvgIpc) is 3.25. The molecule has 0 unspecified atom stereocenters. The molecule has 1 aliphatic rings. The molecule has 8 heteroatoms. The Bertz CT molecular complexity index is 1060. The van der Waals surface area contributed by atoms with Crippen molar-refractivity contribution >= 4 is 29.3 Å². The van der Waals surface area contributed by atoms with E-state index in [1.807, 2.05) is 58.1 Å². The SMILES string of the molecule is Cc1ccccc1-n1ccnc1SCC(=O)NCc1ccc(N2CCNC(=O)C2)cc1. The highest BCUT2D eigenvalue weighted by atomic mass is 32.2. The van der Waals surface area contributed by atoms with Gasteiger partial charge in [-0.2, -0.15) is 0 Å². The molecule has 1 saturated heterocycles. The monoisotopic (exact) mass is 435 g/mol. The van der Waals surface area contributed by atoms with Crippen LogP contribution in [0.5, 0.6) is 0 Å². The van der Waals surface area contributed by atoms with Gasteiger partial charge in [0.25, 0.3) is 0 Å². The number of amides is 2. The molecule has 4 rings (SSSR count). The molecule has 1 aromatic heterocycles. The van der Waals surface area contributed by atoms with Gasteiger partial charge in [0.2, 0.25) is 11.8 Å². The highest BCUT2D eigenvalue weighted by molar-refractivity contribution is 7.99. The summed E-state index contributed by atoms with van der Waals surface area (Å²) in [6.45, 7) is 4.37. The summed E-state index contributed by atoms with van der Waals surface area (Å²) >= 11 is 1.42. The van der Waals surface area contributed by atoms with Gasteiger partial charge in [0.05, 0.1) is 18.0 Å². The van der Waals surface area contributed by atoms with Crippen LogP contribution in [0.4, 0.5) is 5.69 Å². The van der Waals surface area contributed by atoms with E-state index in [0.29, 0.717) is 25.4 Å². The van der Waals surface area contributed by atoms with Gasteiger partial charge in [-0.1, -0.05) is 42.1 Å². The Balaban J connectivity index is 1.28. The second kappa shape index (κ2) is 9.70. The zero-order valence-corrected chi connectivity index (χ0v) is 18.2. The third kappa shape index (κ3) is 5.27. The molecule has 160 valence electrons. The Kier molecular flexibility index (Phi) is 6.57. The molecule has 31 heavy (non-hydrogen) atoms. The predicted octanol–water partition coefficient (Wildman–Crippen LogP) is 2.53. The number of hydrogen-bond acceptors (Lipinski definition) is 5. The molecule has 0 spiro atoms. The third-order valence-corrected chi connectivity index (χ3v) is 6.11. The lowest BCUT2D eigenvalue weighted by Gasteiger charge is -2.28. The topological polar surface area (TPSA) is 79.3 Å². The van der Waals surface area contributed by atoms with Crippen LogP contribution in [0.2, 0.25) is 0 Å². The van der Waals surface area contributed by atoms with Crippen LogP contribution in [-0.4, -0.2) is 46.8 Å². The summed E-state index contributed by atoms with van der Waals surface area (Å²) in [6.07, 6.45) is 3.66. The Morgan fingerprint density at radius 3 is 2.77 bits per heavy atom. The maximum absolute atomic E-state index is 12.4. The third-order valence-electron chi connectivity index (χ3n) is 5.14. The van der Waals surface area contributed by atoms with Crippen LogP contribution in [0.3, 0.4) is 0 Å². The van der Waals surface area contributed by atoms with Crippen molar-refractivity contribution < 1.29 is 9.59 Å². The molecule has 0 radical (unpaired) electrons. The smallest absolute Gasteiger partial charge is 0.239 e. The first-order valence-corrected chi connectivity index (χ1v) is 11.2. The maximum atomic E-state index is 12.4. The molecule has 2 amide bonds. The van der Waals surface area contributed by atoms with E-state index in [9.17, 15) is 9.59 Å². The van der Waals surface area contributed by atoms with Crippen LogP contribution in [0.1, 0.15) is 11.1 Å². The molecule has 1 fully saturated rings. The van der Waals surface area contributed by atoms with Crippen LogP contribution in [0, 0.1) is 6.92 Å². The van der Waals surface area contributed by atoms with Gasteiger partial charge in [-0.3, -0.25) is 14.2 Å². The van der Waals surface area contributed by atoms with Gasteiger partial charge in [-0.25, -0.2) is 4.98 Å². The number of anilines is 1. The van der Waals surface area contributed by atoms with Crippen LogP contribution < -0.4 is 15.5 Å². The fourth-order valence-electron chi connectivity index (χ4n) is 3.48. The van der Waals surface area contributed by atoms with E-state index in [4.69, 9.17) is 0 Å². The lowest BCUT2D eigenvalue weighted by molar-refractivity contribution is -0.120. The lowest BCUT2D eigenvalue weighted by Crippen LogP contribution is -2.47. The number of piperazine rings is 1. The van der Waals surface area contributed by atoms with Crippen LogP contribution in [-0.2, 0) is 16.1 Å². The largest absolute Gasteiger partial charge is 0.360 e. The summed E-state index contributed by atoms with van der Waals surface area (Å²) in [7, 11) is 0. The number of carbonyl (C=O) groups excluding carboxylic acids is 2. The number of para-hydroxylation sites is 1. The highest BCUT2D eigenvalue weighted by Gasteiger charge is 2.16. The summed E-state index contributed by atoms with van der Waals surface area (Å²) in [5.41, 5.74) is 4.25. The molecule has 3 aromatic rings. The van der Waals surface area contributed by atoms with E-state index in [1.165, 1.54) is 11.8 Å². The first kappa shape index (κ1) is 21.0. The van der Waals surface area contributed by atoms with Crippen molar-refractivity contribution in [3.63, 3.8) is 0 Å². The molecule has 2 aromatic carbocycles. The number of imidazole rings is 1. The fourth-order valence-corrected chi connectivity index (χ4v) is 4.27. The van der Waals surface area contributed by atoms with Crippen molar-refractivity contribution in [2.45, 2.75) is 18.6 Å². The van der Waals surface area contributed by atoms with Crippen LogP contribution in [0.25, 0.3) is 5.69 Å². The summed E-state index contributed by atoms with van der Waals surface area (Å²) in [5.74, 6) is 0.299. The zero-order valence-electron chi connectivity index (χ0n) is 17.4. The van der Waals surface area contributed by atoms with E-state index in [1.54, 1.807) is 6.20 Å². The van der Waals surface area contributed by atoms with E-state index in [0.717, 1.165) is 34.2 Å². The Hall–Kier alpha value is -3.26. The second-order valence-corrected chi connectivity index (χ2v) is 8.31. The van der Waals surface area contributed by atoms with Crippen molar-refractivity contribution in [2.75, 3.05) is 30.3 Å². The molecular weight excluding hydrogens is 410 g/mol. The van der Waals surface area contributed by atoms with Crippen molar-refractivity contribution in [3.8, 4) is 5.69 Å². The number of hydrogen-bond donors (Lipinski definition) is 2. The number of aryl methyl sites for hydroxylation is 1. The number of nitrogens with zero attached hydrogens (tertiary/aromatic N) is 3. The minimum absolute atomic E-state index is 0.0406. The van der Waals surface area contributed by atoms with Crippen LogP contribution >= 0.6 is 11.8 Å². The Morgan fingerprint density at radius 2 is 2.00 bits per heavy atom. The molecular formula is C23H25N5O2S. The van der Waals surface area contributed by atoms with Crippen molar-refractivity contribution in [2.24, 2.45) is 0 Å². The molecule has 0 bridgehead atoms. The van der Waals surface area contributed by atoms with Gasteiger partial charge in [0.1, 0.15) is 0 Å². The molecule has 1 aliphatic heterocycles. The maximum Gasteiger partial charge on any atom is 0.239 e. The second-order valence-electron chi connectivity index (χ2n) is 7.37. The summed E-state index contributed by atoms with van der Waals surface area (Å²) in [4.78, 5) is 30.3. The van der Waals surface area contributed by atoms with Crippen molar-refractivity contribution in [1.82, 2.24) is 20.2 Å². The highest BCUT2D eigenvalue weighted by Crippen LogP contribution is 2.22. The Morgan fingerprint density at radius 1 is 1.19 bits per heavy atom. The standard InChI is InChI=1S/C23H25N5O2S/c1-17-4-2-3-5-20(17)28-13-11-25-23(28)31-16-22(30)26-14-18-6-8-19(9-7-18)27-12-10-24-21(29)15-27/h2-9,11,13H,10,12,14-16H2,1H3,(H,24,29)(H,26,30). The zero-order chi connectivity index (χ0) is 21.6. The number of thioether (sulfide) groups is 1. The van der Waals surface area contributed by atoms with E-state index < -0.39 is 0 Å². The molecule has 0 aliphatic carbocycles. The Labute approximate surface area is 185 Å². The predicted molar refractivity (Wildman–Crippen MR) is 123 cm³/mol. The molecule has 0 saturated carbocycles. The van der Waals surface area contributed by atoms with E-state index >= 15 is 0 Å². The van der Waals surface area contributed by atoms with Gasteiger partial charge < -0.3 is 15.5 Å². The minimum atomic E-state index is -0.0406.